The Morgan fingerprint density at radius 1 is 1.00 bits per heavy atom. The van der Waals surface area contributed by atoms with Gasteiger partial charge < -0.3 is 4.43 Å². The van der Waals surface area contributed by atoms with Crippen molar-refractivity contribution >= 4 is 31.0 Å². The van der Waals surface area contributed by atoms with Crippen LogP contribution in [-0.2, 0) is 9.22 Å². The number of fused-ring (bicyclic) bond motifs is 1. The van der Waals surface area contributed by atoms with E-state index >= 15 is 0 Å². The molecule has 186 valence electrons. The third-order valence-electron chi connectivity index (χ3n) is 6.58. The highest BCUT2D eigenvalue weighted by atomic mass is 28.4. The van der Waals surface area contributed by atoms with Gasteiger partial charge in [0.15, 0.2) is 14.1 Å². The molecule has 0 radical (unpaired) electrons. The molecule has 2 aromatic carbocycles. The zero-order valence-electron chi connectivity index (χ0n) is 21.8. The van der Waals surface area contributed by atoms with E-state index in [1.54, 1.807) is 54.6 Å². The second-order valence-corrected chi connectivity index (χ2v) is 15.4. The van der Waals surface area contributed by atoms with E-state index in [0.717, 1.165) is 9.69 Å². The summed E-state index contributed by atoms with van der Waals surface area (Å²) >= 11 is 0. The zero-order chi connectivity index (χ0) is 26.1. The lowest BCUT2D eigenvalue weighted by molar-refractivity contribution is -0.117. The molecule has 3 aromatic rings. The Kier molecular flexibility index (Phi) is 7.47. The topological polar surface area (TPSA) is 81.5 Å². The molecule has 0 aliphatic heterocycles. The van der Waals surface area contributed by atoms with Crippen LogP contribution in [0.4, 0.5) is 0 Å². The summed E-state index contributed by atoms with van der Waals surface area (Å²) in [6.45, 7) is 15.9. The summed E-state index contributed by atoms with van der Waals surface area (Å²) in [5.74, 6) is -1.03. The second kappa shape index (κ2) is 9.87. The normalized spacial score (nSPS) is 13.2. The Balaban J connectivity index is 2.35. The number of hydrogen-bond acceptors (Lipinski definition) is 5. The summed E-state index contributed by atoms with van der Waals surface area (Å²) in [4.78, 5) is 45.1. The van der Waals surface area contributed by atoms with Gasteiger partial charge in [-0.1, -0.05) is 65.0 Å². The SMILES string of the molecule is CC(=O)N(C(=O)c1ccccc1)n1c([C@@H](O[Si](C)(C)C(C)(C)C)C(C)C)nc2ccccc2c1=O. The molecule has 0 spiro atoms. The molecule has 0 N–H and O–H groups in total. The summed E-state index contributed by atoms with van der Waals surface area (Å²) in [5, 5.41) is 1.11. The first-order chi connectivity index (χ1) is 16.3. The molecule has 0 saturated heterocycles. The van der Waals surface area contributed by atoms with Crippen molar-refractivity contribution in [1.82, 2.24) is 9.66 Å². The molecule has 2 amide bonds. The predicted molar refractivity (Wildman–Crippen MR) is 142 cm³/mol. The van der Waals surface area contributed by atoms with Crippen molar-refractivity contribution in [1.29, 1.82) is 0 Å². The quantitative estimate of drug-likeness (QED) is 0.427. The van der Waals surface area contributed by atoms with Gasteiger partial charge in [0.25, 0.3) is 11.5 Å². The fourth-order valence-corrected chi connectivity index (χ4v) is 4.94. The van der Waals surface area contributed by atoms with E-state index in [1.807, 2.05) is 13.8 Å². The van der Waals surface area contributed by atoms with Crippen molar-refractivity contribution < 1.29 is 14.0 Å². The summed E-state index contributed by atoms with van der Waals surface area (Å²) < 4.78 is 7.90. The molecular weight excluding hydrogens is 458 g/mol. The standard InChI is InChI=1S/C27H35N3O4Si/c1-18(2)23(34-35(7,8)27(4,5)6)24-28-22-17-13-12-16-21(22)26(33)30(24)29(19(3)31)25(32)20-14-10-9-11-15-20/h9-18,23H,1-8H3/t23-/m0/s1. The number of carbonyl (C=O) groups excluding carboxylic acids is 2. The lowest BCUT2D eigenvalue weighted by Gasteiger charge is -2.41. The van der Waals surface area contributed by atoms with Crippen LogP contribution in [0.2, 0.25) is 18.1 Å². The van der Waals surface area contributed by atoms with Crippen molar-refractivity contribution in [3.8, 4) is 0 Å². The highest BCUT2D eigenvalue weighted by molar-refractivity contribution is 6.74. The molecule has 0 unspecified atom stereocenters. The summed E-state index contributed by atoms with van der Waals surface area (Å²) in [6, 6.07) is 15.4. The van der Waals surface area contributed by atoms with Crippen molar-refractivity contribution in [2.75, 3.05) is 5.01 Å². The smallest absolute Gasteiger partial charge is 0.281 e. The van der Waals surface area contributed by atoms with Crippen LogP contribution in [0, 0.1) is 5.92 Å². The monoisotopic (exact) mass is 493 g/mol. The fraction of sp³-hybridized carbons (Fsp3) is 0.407. The third-order valence-corrected chi connectivity index (χ3v) is 11.0. The average molecular weight is 494 g/mol. The highest BCUT2D eigenvalue weighted by Crippen LogP contribution is 2.41. The summed E-state index contributed by atoms with van der Waals surface area (Å²) in [6.07, 6.45) is -0.612. The minimum Gasteiger partial charge on any atom is -0.406 e. The largest absolute Gasteiger partial charge is 0.406 e. The van der Waals surface area contributed by atoms with Crippen LogP contribution in [0.1, 0.15) is 63.8 Å². The Labute approximate surface area is 207 Å². The van der Waals surface area contributed by atoms with Gasteiger partial charge in [-0.05, 0) is 48.3 Å². The molecule has 1 aromatic heterocycles. The van der Waals surface area contributed by atoms with Crippen molar-refractivity contribution in [2.45, 2.75) is 65.8 Å². The highest BCUT2D eigenvalue weighted by Gasteiger charge is 2.42. The molecule has 8 heteroatoms. The molecule has 35 heavy (non-hydrogen) atoms. The van der Waals surface area contributed by atoms with Crippen LogP contribution in [0.25, 0.3) is 10.9 Å². The molecule has 0 saturated carbocycles. The van der Waals surface area contributed by atoms with E-state index in [9.17, 15) is 14.4 Å². The number of carbonyl (C=O) groups is 2. The van der Waals surface area contributed by atoms with E-state index in [-0.39, 0.29) is 16.8 Å². The first kappa shape index (κ1) is 26.5. The van der Waals surface area contributed by atoms with Crippen molar-refractivity contribution in [2.24, 2.45) is 5.92 Å². The van der Waals surface area contributed by atoms with Crippen LogP contribution < -0.4 is 10.6 Å². The molecule has 1 heterocycles. The van der Waals surface area contributed by atoms with Gasteiger partial charge >= 0.3 is 0 Å². The fourth-order valence-electron chi connectivity index (χ4n) is 3.58. The van der Waals surface area contributed by atoms with Gasteiger partial charge in [0, 0.05) is 12.5 Å². The summed E-state index contributed by atoms with van der Waals surface area (Å²) in [5.41, 5.74) is 0.290. The van der Waals surface area contributed by atoms with Crippen LogP contribution in [0.15, 0.2) is 59.4 Å². The number of amides is 2. The minimum absolute atomic E-state index is 0.0796. The maximum Gasteiger partial charge on any atom is 0.281 e. The Morgan fingerprint density at radius 3 is 2.11 bits per heavy atom. The van der Waals surface area contributed by atoms with Gasteiger partial charge in [0.2, 0.25) is 5.91 Å². The van der Waals surface area contributed by atoms with Gasteiger partial charge in [0.05, 0.1) is 10.9 Å². The predicted octanol–water partition coefficient (Wildman–Crippen LogP) is 5.44. The second-order valence-electron chi connectivity index (χ2n) is 10.6. The van der Waals surface area contributed by atoms with E-state index < -0.39 is 31.8 Å². The van der Waals surface area contributed by atoms with E-state index in [0.29, 0.717) is 16.5 Å². The van der Waals surface area contributed by atoms with E-state index in [1.165, 1.54) is 6.92 Å². The van der Waals surface area contributed by atoms with Gasteiger partial charge in [-0.15, -0.1) is 0 Å². The number of para-hydroxylation sites is 1. The van der Waals surface area contributed by atoms with Gasteiger partial charge in [-0.25, -0.2) is 4.98 Å². The van der Waals surface area contributed by atoms with E-state index in [2.05, 4.69) is 33.9 Å². The molecule has 0 aliphatic rings. The number of rotatable bonds is 6. The van der Waals surface area contributed by atoms with Crippen molar-refractivity contribution in [3.63, 3.8) is 0 Å². The average Bonchev–Trinajstić information content (AvgIpc) is 2.78. The minimum atomic E-state index is -2.32. The van der Waals surface area contributed by atoms with Gasteiger partial charge in [0.1, 0.15) is 6.10 Å². The number of nitrogens with zero attached hydrogens (tertiary/aromatic N) is 3. The molecule has 3 rings (SSSR count). The van der Waals surface area contributed by atoms with Crippen LogP contribution >= 0.6 is 0 Å². The number of hydrogen-bond donors (Lipinski definition) is 0. The first-order valence-electron chi connectivity index (χ1n) is 11.9. The molecule has 0 aliphatic carbocycles. The zero-order valence-corrected chi connectivity index (χ0v) is 22.8. The molecule has 0 bridgehead atoms. The summed E-state index contributed by atoms with van der Waals surface area (Å²) in [7, 11) is -2.32. The number of imide groups is 1. The number of benzene rings is 2. The van der Waals surface area contributed by atoms with Crippen LogP contribution in [0.3, 0.4) is 0 Å². The lowest BCUT2D eigenvalue weighted by Crippen LogP contribution is -2.52. The van der Waals surface area contributed by atoms with Gasteiger partial charge in [-0.2, -0.15) is 9.69 Å². The Bertz CT molecular complexity index is 1290. The maximum absolute atomic E-state index is 13.9. The lowest BCUT2D eigenvalue weighted by atomic mass is 10.1. The first-order valence-corrected chi connectivity index (χ1v) is 14.8. The van der Waals surface area contributed by atoms with E-state index in [4.69, 9.17) is 9.41 Å². The van der Waals surface area contributed by atoms with Crippen molar-refractivity contribution in [3.05, 3.63) is 76.3 Å². The van der Waals surface area contributed by atoms with Crippen LogP contribution in [0.5, 0.6) is 0 Å². The molecule has 1 atom stereocenters. The Hall–Kier alpha value is -3.10. The van der Waals surface area contributed by atoms with Crippen LogP contribution in [-0.4, -0.2) is 29.8 Å². The molecule has 7 nitrogen and oxygen atoms in total. The Morgan fingerprint density at radius 2 is 1.57 bits per heavy atom. The molecule has 0 fully saturated rings. The number of aromatic nitrogens is 2. The third kappa shape index (κ3) is 5.28. The maximum atomic E-state index is 13.9. The molecular formula is C27H35N3O4Si. The van der Waals surface area contributed by atoms with Gasteiger partial charge in [-0.3, -0.25) is 14.4 Å².